The van der Waals surface area contributed by atoms with E-state index < -0.39 is 0 Å². The lowest BCUT2D eigenvalue weighted by atomic mass is 10.2. The van der Waals surface area contributed by atoms with Crippen molar-refractivity contribution in [2.24, 2.45) is 5.10 Å². The van der Waals surface area contributed by atoms with E-state index in [2.05, 4.69) is 20.5 Å². The van der Waals surface area contributed by atoms with E-state index in [4.69, 9.17) is 5.73 Å². The highest BCUT2D eigenvalue weighted by molar-refractivity contribution is 7.20. The van der Waals surface area contributed by atoms with Crippen molar-refractivity contribution in [3.05, 3.63) is 69.9 Å². The zero-order chi connectivity index (χ0) is 21.4. The van der Waals surface area contributed by atoms with E-state index >= 15 is 0 Å². The van der Waals surface area contributed by atoms with Crippen molar-refractivity contribution in [1.82, 2.24) is 20.0 Å². The molecule has 7 nitrogen and oxygen atoms in total. The molecule has 4 aromatic rings. The van der Waals surface area contributed by atoms with E-state index in [1.54, 1.807) is 18.3 Å². The number of fused-ring (bicyclic) bond motifs is 1. The van der Waals surface area contributed by atoms with E-state index in [9.17, 15) is 9.18 Å². The van der Waals surface area contributed by atoms with Crippen molar-refractivity contribution in [3.63, 3.8) is 0 Å². The minimum atomic E-state index is -0.335. The zero-order valence-electron chi connectivity index (χ0n) is 16.6. The first-order valence-electron chi connectivity index (χ1n) is 9.14. The van der Waals surface area contributed by atoms with Crippen LogP contribution in [0.5, 0.6) is 0 Å². The van der Waals surface area contributed by atoms with Gasteiger partial charge in [0, 0.05) is 22.6 Å². The predicted octanol–water partition coefficient (Wildman–Crippen LogP) is 3.89. The Hall–Kier alpha value is -3.59. The lowest BCUT2D eigenvalue weighted by Gasteiger charge is -2.09. The average Bonchev–Trinajstić information content (AvgIpc) is 3.20. The van der Waals surface area contributed by atoms with Crippen LogP contribution in [0.4, 0.5) is 10.2 Å². The van der Waals surface area contributed by atoms with Gasteiger partial charge in [0.1, 0.15) is 22.8 Å². The zero-order valence-corrected chi connectivity index (χ0v) is 17.4. The summed E-state index contributed by atoms with van der Waals surface area (Å²) in [5.74, 6) is -0.266. The first-order chi connectivity index (χ1) is 14.4. The fourth-order valence-electron chi connectivity index (χ4n) is 3.43. The standard InChI is InChI=1S/C21H19FN6OS/c1-11-8-14(13(3)28(11)16-6-4-15(22)5-7-16)9-26-27-20(29)18-12(2)17-19(23)24-10-25-21(17)30-18/h4-10H,1-3H3,(H,27,29)(H2,23,24,25). The van der Waals surface area contributed by atoms with Gasteiger partial charge in [-0.25, -0.2) is 19.8 Å². The van der Waals surface area contributed by atoms with Crippen molar-refractivity contribution in [2.75, 3.05) is 5.73 Å². The Kier molecular flexibility index (Phi) is 5.04. The van der Waals surface area contributed by atoms with Crippen LogP contribution in [0.25, 0.3) is 15.9 Å². The second kappa shape index (κ2) is 7.68. The summed E-state index contributed by atoms with van der Waals surface area (Å²) in [6.45, 7) is 5.71. The molecule has 1 amide bonds. The molecule has 0 radical (unpaired) electrons. The van der Waals surface area contributed by atoms with Gasteiger partial charge in [0.05, 0.1) is 16.5 Å². The highest BCUT2D eigenvalue weighted by Gasteiger charge is 2.18. The van der Waals surface area contributed by atoms with Crippen molar-refractivity contribution in [2.45, 2.75) is 20.8 Å². The molecule has 0 saturated heterocycles. The number of nitrogens with zero attached hydrogens (tertiary/aromatic N) is 4. The fraction of sp³-hybridized carbons (Fsp3) is 0.143. The number of nitrogens with two attached hydrogens (primary N) is 1. The maximum absolute atomic E-state index is 13.2. The number of benzene rings is 1. The van der Waals surface area contributed by atoms with Crippen LogP contribution in [0, 0.1) is 26.6 Å². The van der Waals surface area contributed by atoms with E-state index in [1.807, 2.05) is 31.4 Å². The lowest BCUT2D eigenvalue weighted by Crippen LogP contribution is -2.17. The summed E-state index contributed by atoms with van der Waals surface area (Å²) in [5.41, 5.74) is 12.8. The third-order valence-electron chi connectivity index (χ3n) is 4.89. The molecule has 4 rings (SSSR count). The van der Waals surface area contributed by atoms with E-state index in [1.165, 1.54) is 29.8 Å². The van der Waals surface area contributed by atoms with Gasteiger partial charge in [-0.2, -0.15) is 5.10 Å². The fourth-order valence-corrected chi connectivity index (χ4v) is 4.48. The number of hydrazone groups is 1. The third kappa shape index (κ3) is 3.43. The Labute approximate surface area is 176 Å². The normalized spacial score (nSPS) is 11.5. The molecule has 30 heavy (non-hydrogen) atoms. The number of aryl methyl sites for hydroxylation is 2. The topological polar surface area (TPSA) is 98.2 Å². The first kappa shape index (κ1) is 19.7. The van der Waals surface area contributed by atoms with Crippen molar-refractivity contribution in [1.29, 1.82) is 0 Å². The van der Waals surface area contributed by atoms with Gasteiger partial charge in [0.2, 0.25) is 0 Å². The van der Waals surface area contributed by atoms with Crippen LogP contribution in [0.2, 0.25) is 0 Å². The molecule has 1 aromatic carbocycles. The molecule has 0 atom stereocenters. The highest BCUT2D eigenvalue weighted by atomic mass is 32.1. The first-order valence-corrected chi connectivity index (χ1v) is 9.96. The molecule has 0 bridgehead atoms. The number of nitrogen functional groups attached to an aromatic ring is 1. The number of halogens is 1. The number of amides is 1. The monoisotopic (exact) mass is 422 g/mol. The quantitative estimate of drug-likeness (QED) is 0.385. The molecule has 0 spiro atoms. The summed E-state index contributed by atoms with van der Waals surface area (Å²) in [7, 11) is 0. The number of nitrogens with one attached hydrogen (secondary N) is 1. The summed E-state index contributed by atoms with van der Waals surface area (Å²) in [6.07, 6.45) is 2.97. The summed E-state index contributed by atoms with van der Waals surface area (Å²) >= 11 is 1.25. The smallest absolute Gasteiger partial charge is 0.281 e. The van der Waals surface area contributed by atoms with E-state index in [0.717, 1.165) is 28.2 Å². The number of rotatable bonds is 4. The van der Waals surface area contributed by atoms with E-state index in [0.29, 0.717) is 20.9 Å². The summed E-state index contributed by atoms with van der Waals surface area (Å²) in [4.78, 5) is 21.9. The van der Waals surface area contributed by atoms with Crippen LogP contribution in [0.1, 0.15) is 32.2 Å². The minimum absolute atomic E-state index is 0.282. The van der Waals surface area contributed by atoms with Crippen LogP contribution < -0.4 is 11.2 Å². The molecule has 0 fully saturated rings. The molecule has 3 N–H and O–H groups in total. The van der Waals surface area contributed by atoms with Gasteiger partial charge in [-0.15, -0.1) is 11.3 Å². The highest BCUT2D eigenvalue weighted by Crippen LogP contribution is 2.31. The number of anilines is 1. The van der Waals surface area contributed by atoms with Gasteiger partial charge in [-0.3, -0.25) is 4.79 Å². The van der Waals surface area contributed by atoms with Crippen LogP contribution in [0.3, 0.4) is 0 Å². The molecule has 152 valence electrons. The maximum atomic E-state index is 13.2. The molecule has 0 aliphatic heterocycles. The SMILES string of the molecule is Cc1c(C(=O)NN=Cc2cc(C)n(-c3ccc(F)cc3)c2C)sc2ncnc(N)c12. The van der Waals surface area contributed by atoms with Crippen molar-refractivity contribution in [3.8, 4) is 5.69 Å². The molecule has 0 unspecified atom stereocenters. The third-order valence-corrected chi connectivity index (χ3v) is 6.09. The Morgan fingerprint density at radius 3 is 2.67 bits per heavy atom. The molecular weight excluding hydrogens is 403 g/mol. The summed E-state index contributed by atoms with van der Waals surface area (Å²) < 4.78 is 15.2. The number of hydrogen-bond acceptors (Lipinski definition) is 6. The van der Waals surface area contributed by atoms with Crippen molar-refractivity contribution < 1.29 is 9.18 Å². The molecule has 0 saturated carbocycles. The van der Waals surface area contributed by atoms with Gasteiger partial charge in [-0.1, -0.05) is 0 Å². The lowest BCUT2D eigenvalue weighted by molar-refractivity contribution is 0.0958. The Bertz CT molecular complexity index is 1290. The number of thiophene rings is 1. The molecule has 9 heteroatoms. The van der Waals surface area contributed by atoms with Crippen LogP contribution in [-0.2, 0) is 0 Å². The van der Waals surface area contributed by atoms with Gasteiger partial charge >= 0.3 is 0 Å². The van der Waals surface area contributed by atoms with E-state index in [-0.39, 0.29) is 11.7 Å². The maximum Gasteiger partial charge on any atom is 0.281 e. The summed E-state index contributed by atoms with van der Waals surface area (Å²) in [6, 6.07) is 8.24. The van der Waals surface area contributed by atoms with Gasteiger partial charge in [0.25, 0.3) is 5.91 Å². The molecule has 3 heterocycles. The largest absolute Gasteiger partial charge is 0.383 e. The van der Waals surface area contributed by atoms with Gasteiger partial charge in [-0.05, 0) is 56.7 Å². The molecule has 0 aliphatic carbocycles. The molecular formula is C21H19FN6OS. The number of carbonyl (C=O) groups excluding carboxylic acids is 1. The van der Waals surface area contributed by atoms with Crippen molar-refractivity contribution >= 4 is 39.5 Å². The second-order valence-corrected chi connectivity index (χ2v) is 7.83. The predicted molar refractivity (Wildman–Crippen MR) is 117 cm³/mol. The van der Waals surface area contributed by atoms with Crippen LogP contribution >= 0.6 is 11.3 Å². The minimum Gasteiger partial charge on any atom is -0.383 e. The molecule has 3 aromatic heterocycles. The number of aromatic nitrogens is 3. The Morgan fingerprint density at radius 1 is 1.23 bits per heavy atom. The number of carbonyl (C=O) groups is 1. The molecule has 0 aliphatic rings. The second-order valence-electron chi connectivity index (χ2n) is 6.83. The Balaban J connectivity index is 1.56. The van der Waals surface area contributed by atoms with Gasteiger partial charge in [0.15, 0.2) is 0 Å². The average molecular weight is 422 g/mol. The van der Waals surface area contributed by atoms with Crippen LogP contribution in [0.15, 0.2) is 41.8 Å². The van der Waals surface area contributed by atoms with Gasteiger partial charge < -0.3 is 10.3 Å². The number of hydrogen-bond donors (Lipinski definition) is 2. The summed E-state index contributed by atoms with van der Waals surface area (Å²) in [5, 5.41) is 4.81. The van der Waals surface area contributed by atoms with Crippen LogP contribution in [-0.4, -0.2) is 26.7 Å². The Morgan fingerprint density at radius 2 is 1.97 bits per heavy atom.